The third-order valence-electron chi connectivity index (χ3n) is 2.79. The molecule has 0 saturated heterocycles. The molecule has 3 aromatic rings. The Hall–Kier alpha value is -2.20. The Morgan fingerprint density at radius 2 is 2.00 bits per heavy atom. The smallest absolute Gasteiger partial charge is 0.161 e. The van der Waals surface area contributed by atoms with Crippen LogP contribution in [0, 0.1) is 0 Å². The number of hydrogen-bond acceptors (Lipinski definition) is 4. The number of fused-ring (bicyclic) bond motifs is 1. The van der Waals surface area contributed by atoms with Crippen molar-refractivity contribution in [3.8, 4) is 5.75 Å². The van der Waals surface area contributed by atoms with E-state index in [9.17, 15) is 4.79 Å². The largest absolute Gasteiger partial charge is 0.486 e. The molecule has 4 heteroatoms. The normalized spacial score (nSPS) is 10.5. The van der Waals surface area contributed by atoms with Gasteiger partial charge in [-0.05, 0) is 11.5 Å². The van der Waals surface area contributed by atoms with Gasteiger partial charge in [-0.25, -0.2) is 4.98 Å². The number of hydrogen-bond donors (Lipinski definition) is 0. The van der Waals surface area contributed by atoms with Gasteiger partial charge in [-0.1, -0.05) is 36.4 Å². The lowest BCUT2D eigenvalue weighted by Gasteiger charge is -2.07. The highest BCUT2D eigenvalue weighted by Gasteiger charge is 2.04. The molecular weight excluding hydrogens is 258 g/mol. The van der Waals surface area contributed by atoms with E-state index in [1.165, 1.54) is 11.3 Å². The summed E-state index contributed by atoms with van der Waals surface area (Å²) in [5.74, 6) is 0.834. The predicted molar refractivity (Wildman–Crippen MR) is 75.8 cm³/mol. The number of ether oxygens (including phenoxy) is 1. The second kappa shape index (κ2) is 5.20. The zero-order valence-corrected chi connectivity index (χ0v) is 10.9. The van der Waals surface area contributed by atoms with Gasteiger partial charge < -0.3 is 4.74 Å². The zero-order valence-electron chi connectivity index (χ0n) is 10.1. The second-order valence-electron chi connectivity index (χ2n) is 4.04. The van der Waals surface area contributed by atoms with Gasteiger partial charge in [-0.3, -0.25) is 4.79 Å². The molecule has 1 heterocycles. The Morgan fingerprint density at radius 3 is 2.84 bits per heavy atom. The highest BCUT2D eigenvalue weighted by molar-refractivity contribution is 7.13. The van der Waals surface area contributed by atoms with Crippen molar-refractivity contribution < 1.29 is 9.53 Å². The Morgan fingerprint density at radius 1 is 1.16 bits per heavy atom. The van der Waals surface area contributed by atoms with Gasteiger partial charge in [0.15, 0.2) is 6.29 Å². The van der Waals surface area contributed by atoms with E-state index in [4.69, 9.17) is 4.74 Å². The molecule has 0 aliphatic heterocycles. The van der Waals surface area contributed by atoms with Crippen LogP contribution in [0.1, 0.15) is 14.7 Å². The van der Waals surface area contributed by atoms with Crippen molar-refractivity contribution in [2.75, 3.05) is 0 Å². The Kier molecular flexibility index (Phi) is 3.25. The van der Waals surface area contributed by atoms with Gasteiger partial charge in [-0.15, -0.1) is 11.3 Å². The number of thiazole rings is 1. The van der Waals surface area contributed by atoms with Crippen molar-refractivity contribution in [3.05, 3.63) is 58.5 Å². The first-order chi connectivity index (χ1) is 9.36. The zero-order chi connectivity index (χ0) is 13.1. The van der Waals surface area contributed by atoms with E-state index in [0.717, 1.165) is 27.8 Å². The van der Waals surface area contributed by atoms with Crippen LogP contribution in [0.15, 0.2) is 48.7 Å². The third kappa shape index (κ3) is 2.48. The maximum atomic E-state index is 10.6. The molecule has 0 fully saturated rings. The highest BCUT2D eigenvalue weighted by atomic mass is 32.1. The monoisotopic (exact) mass is 269 g/mol. The quantitative estimate of drug-likeness (QED) is 0.678. The number of carbonyl (C=O) groups is 1. The van der Waals surface area contributed by atoms with Crippen LogP contribution in [0.3, 0.4) is 0 Å². The minimum atomic E-state index is 0.381. The van der Waals surface area contributed by atoms with Gasteiger partial charge in [-0.2, -0.15) is 0 Å². The highest BCUT2D eigenvalue weighted by Crippen LogP contribution is 2.26. The average Bonchev–Trinajstić information content (AvgIpc) is 2.93. The van der Waals surface area contributed by atoms with Crippen LogP contribution in [0.4, 0.5) is 0 Å². The van der Waals surface area contributed by atoms with Gasteiger partial charge in [0.1, 0.15) is 17.4 Å². The fourth-order valence-corrected chi connectivity index (χ4v) is 2.56. The number of carbonyl (C=O) groups excluding carboxylic acids is 1. The first-order valence-corrected chi connectivity index (χ1v) is 6.69. The SMILES string of the molecule is O=Cc1cnc(COc2cccc3ccccc23)s1. The fourth-order valence-electron chi connectivity index (χ4n) is 1.91. The molecule has 0 unspecified atom stereocenters. The van der Waals surface area contributed by atoms with Crippen LogP contribution in [-0.4, -0.2) is 11.3 Å². The first-order valence-electron chi connectivity index (χ1n) is 5.87. The number of rotatable bonds is 4. The Balaban J connectivity index is 1.83. The standard InChI is InChI=1S/C15H11NO2S/c17-9-12-8-16-15(19-12)10-18-14-7-3-5-11-4-1-2-6-13(11)14/h1-9H,10H2. The van der Waals surface area contributed by atoms with Gasteiger partial charge in [0.05, 0.1) is 4.88 Å². The van der Waals surface area contributed by atoms with E-state index in [2.05, 4.69) is 17.1 Å². The fraction of sp³-hybridized carbons (Fsp3) is 0.0667. The van der Waals surface area contributed by atoms with E-state index in [1.54, 1.807) is 6.20 Å². The third-order valence-corrected chi connectivity index (χ3v) is 3.68. The average molecular weight is 269 g/mol. The summed E-state index contributed by atoms with van der Waals surface area (Å²) >= 11 is 1.35. The molecule has 0 saturated carbocycles. The summed E-state index contributed by atoms with van der Waals surface area (Å²) < 4.78 is 5.80. The first kappa shape index (κ1) is 11.9. The molecule has 0 aliphatic carbocycles. The summed E-state index contributed by atoms with van der Waals surface area (Å²) in [6, 6.07) is 14.0. The van der Waals surface area contributed by atoms with Gasteiger partial charge in [0.2, 0.25) is 0 Å². The van der Waals surface area contributed by atoms with Crippen LogP contribution in [-0.2, 0) is 6.61 Å². The minimum Gasteiger partial charge on any atom is -0.486 e. The van der Waals surface area contributed by atoms with E-state index >= 15 is 0 Å². The molecule has 94 valence electrons. The molecule has 19 heavy (non-hydrogen) atoms. The summed E-state index contributed by atoms with van der Waals surface area (Å²) in [4.78, 5) is 15.4. The van der Waals surface area contributed by atoms with Crippen molar-refractivity contribution in [3.63, 3.8) is 0 Å². The molecule has 0 aliphatic rings. The van der Waals surface area contributed by atoms with Crippen LogP contribution in [0.25, 0.3) is 10.8 Å². The number of aromatic nitrogens is 1. The molecule has 3 rings (SSSR count). The molecule has 0 atom stereocenters. The van der Waals surface area contributed by atoms with Crippen molar-refractivity contribution in [2.24, 2.45) is 0 Å². The maximum Gasteiger partial charge on any atom is 0.161 e. The molecule has 0 spiro atoms. The molecule has 2 aromatic carbocycles. The summed E-state index contributed by atoms with van der Waals surface area (Å²) in [7, 11) is 0. The summed E-state index contributed by atoms with van der Waals surface area (Å²) in [5, 5.41) is 3.03. The van der Waals surface area contributed by atoms with E-state index < -0.39 is 0 Å². The maximum absolute atomic E-state index is 10.6. The molecule has 0 amide bonds. The molecule has 0 bridgehead atoms. The van der Waals surface area contributed by atoms with Crippen molar-refractivity contribution in [1.82, 2.24) is 4.98 Å². The summed E-state index contributed by atoms with van der Waals surface area (Å²) in [6.07, 6.45) is 2.37. The van der Waals surface area contributed by atoms with E-state index in [0.29, 0.717) is 11.5 Å². The number of aldehydes is 1. The van der Waals surface area contributed by atoms with Gasteiger partial charge in [0.25, 0.3) is 0 Å². The molecule has 0 radical (unpaired) electrons. The van der Waals surface area contributed by atoms with Gasteiger partial charge in [0, 0.05) is 11.6 Å². The lowest BCUT2D eigenvalue weighted by molar-refractivity contribution is 0.112. The molecular formula is C15H11NO2S. The number of nitrogens with zero attached hydrogens (tertiary/aromatic N) is 1. The lowest BCUT2D eigenvalue weighted by atomic mass is 10.1. The summed E-state index contributed by atoms with van der Waals surface area (Å²) in [6.45, 7) is 0.381. The van der Waals surface area contributed by atoms with Gasteiger partial charge >= 0.3 is 0 Å². The summed E-state index contributed by atoms with van der Waals surface area (Å²) in [5.41, 5.74) is 0. The number of benzene rings is 2. The van der Waals surface area contributed by atoms with Crippen molar-refractivity contribution >= 4 is 28.4 Å². The van der Waals surface area contributed by atoms with Crippen LogP contribution in [0.5, 0.6) is 5.75 Å². The predicted octanol–water partition coefficient (Wildman–Crippen LogP) is 3.69. The molecule has 3 nitrogen and oxygen atoms in total. The lowest BCUT2D eigenvalue weighted by Crippen LogP contribution is -1.94. The van der Waals surface area contributed by atoms with Crippen LogP contribution in [0.2, 0.25) is 0 Å². The second-order valence-corrected chi connectivity index (χ2v) is 5.19. The van der Waals surface area contributed by atoms with Crippen LogP contribution >= 0.6 is 11.3 Å². The van der Waals surface area contributed by atoms with Crippen LogP contribution < -0.4 is 4.74 Å². The Labute approximate surface area is 114 Å². The molecule has 0 N–H and O–H groups in total. The van der Waals surface area contributed by atoms with E-state index in [-0.39, 0.29) is 0 Å². The Bertz CT molecular complexity index is 715. The van der Waals surface area contributed by atoms with Crippen molar-refractivity contribution in [2.45, 2.75) is 6.61 Å². The van der Waals surface area contributed by atoms with E-state index in [1.807, 2.05) is 30.3 Å². The topological polar surface area (TPSA) is 39.2 Å². The van der Waals surface area contributed by atoms with Crippen molar-refractivity contribution in [1.29, 1.82) is 0 Å². The minimum absolute atomic E-state index is 0.381. The molecule has 1 aromatic heterocycles.